The average Bonchev–Trinajstić information content (AvgIpc) is 3.43. The maximum Gasteiger partial charge on any atom is 0.341 e. The van der Waals surface area contributed by atoms with Gasteiger partial charge in [0.25, 0.3) is 5.91 Å². The summed E-state index contributed by atoms with van der Waals surface area (Å²) in [6.07, 6.45) is 0.412. The zero-order valence-corrected chi connectivity index (χ0v) is 32.8. The van der Waals surface area contributed by atoms with E-state index in [9.17, 15) is 33.2 Å². The first-order valence-corrected chi connectivity index (χ1v) is 18.5. The number of hydrogen-bond donors (Lipinski definition) is 6. The fourth-order valence-electron chi connectivity index (χ4n) is 5.27. The Bertz CT molecular complexity index is 1580. The third-order valence-electron chi connectivity index (χ3n) is 8.57. The number of ether oxygens (including phenoxy) is 2. The topological polar surface area (TPSA) is 207 Å². The number of rotatable bonds is 20. The Morgan fingerprint density at radius 2 is 1.34 bits per heavy atom. The number of nitrogens with two attached hydrogens (primary N) is 1. The number of esters is 1. The van der Waals surface area contributed by atoms with E-state index in [1.807, 2.05) is 20.8 Å². The van der Waals surface area contributed by atoms with Gasteiger partial charge in [-0.3, -0.25) is 24.0 Å². The van der Waals surface area contributed by atoms with E-state index in [4.69, 9.17) is 15.2 Å². The molecule has 4 atom stereocenters. The van der Waals surface area contributed by atoms with Crippen LogP contribution < -0.4 is 32.3 Å². The first kappa shape index (κ1) is 44.7. The number of thiophene rings is 1. The number of carbonyl (C=O) groups is 6. The Morgan fingerprint density at radius 1 is 0.792 bits per heavy atom. The second-order valence-electron chi connectivity index (χ2n) is 13.6. The molecule has 0 bridgehead atoms. The number of carbonyl (C=O) groups excluding carboxylic acids is 6. The second-order valence-corrected chi connectivity index (χ2v) is 14.7. The first-order chi connectivity index (χ1) is 24.9. The molecule has 1 unspecified atom stereocenters. The van der Waals surface area contributed by atoms with Crippen LogP contribution in [0.4, 0.5) is 9.39 Å². The van der Waals surface area contributed by atoms with Crippen LogP contribution in [0.15, 0.2) is 24.3 Å². The van der Waals surface area contributed by atoms with E-state index in [2.05, 4.69) is 26.6 Å². The molecule has 0 saturated carbocycles. The van der Waals surface area contributed by atoms with Crippen LogP contribution in [-0.4, -0.2) is 87.0 Å². The molecule has 0 aliphatic carbocycles. The summed E-state index contributed by atoms with van der Waals surface area (Å²) in [6.45, 7) is 14.6. The monoisotopic (exact) mass is 762 g/mol. The molecule has 2 aromatic rings. The lowest BCUT2D eigenvalue weighted by Crippen LogP contribution is -2.59. The van der Waals surface area contributed by atoms with Gasteiger partial charge in [-0.1, -0.05) is 60.6 Å². The molecule has 1 heterocycles. The Hall–Kier alpha value is -4.41. The van der Waals surface area contributed by atoms with Crippen molar-refractivity contribution in [1.82, 2.24) is 21.3 Å². The molecule has 1 aromatic carbocycles. The van der Waals surface area contributed by atoms with Gasteiger partial charge in [-0.2, -0.15) is 0 Å². The number of anilines is 1. The van der Waals surface area contributed by atoms with Crippen molar-refractivity contribution in [1.29, 1.82) is 0 Å². The number of amides is 5. The normalized spacial score (nSPS) is 13.5. The molecule has 14 nitrogen and oxygen atoms in total. The van der Waals surface area contributed by atoms with Gasteiger partial charge < -0.3 is 41.8 Å². The van der Waals surface area contributed by atoms with Crippen molar-refractivity contribution in [3.05, 3.63) is 51.7 Å². The van der Waals surface area contributed by atoms with E-state index in [0.29, 0.717) is 17.5 Å². The van der Waals surface area contributed by atoms with Crippen molar-refractivity contribution in [2.45, 2.75) is 85.9 Å². The molecule has 0 radical (unpaired) electrons. The van der Waals surface area contributed by atoms with Crippen molar-refractivity contribution in [2.24, 2.45) is 23.5 Å². The lowest BCUT2D eigenvalue weighted by atomic mass is 9.95. The summed E-state index contributed by atoms with van der Waals surface area (Å²) in [5.41, 5.74) is 6.94. The SMILES string of the molecule is CCC(C(=O)Nc1sc(C(=O)NCCOCCNC(=O)[C@@H](NC(=O)[C@@H](NC(=O)[C@@H](N)C(C)C)C(C)C)C(C)C)c(C)c1C(=O)OC)c1ccc(F)cc1. The van der Waals surface area contributed by atoms with Crippen LogP contribution in [0.3, 0.4) is 0 Å². The highest BCUT2D eigenvalue weighted by Gasteiger charge is 2.32. The van der Waals surface area contributed by atoms with E-state index < -0.39 is 65.4 Å². The van der Waals surface area contributed by atoms with Gasteiger partial charge in [-0.25, -0.2) is 9.18 Å². The number of methoxy groups -OCH3 is 1. The number of nitrogens with one attached hydrogen (secondary N) is 5. The van der Waals surface area contributed by atoms with Crippen molar-refractivity contribution < 1.29 is 42.6 Å². The molecular formula is C37H55FN6O8S. The number of hydrogen-bond acceptors (Lipinski definition) is 10. The van der Waals surface area contributed by atoms with Crippen molar-refractivity contribution >= 4 is 51.8 Å². The largest absolute Gasteiger partial charge is 0.465 e. The molecule has 0 saturated heterocycles. The van der Waals surface area contributed by atoms with Gasteiger partial charge in [-0.15, -0.1) is 11.3 Å². The zero-order valence-electron chi connectivity index (χ0n) is 32.0. The van der Waals surface area contributed by atoms with E-state index in [1.54, 1.807) is 34.6 Å². The molecule has 7 N–H and O–H groups in total. The van der Waals surface area contributed by atoms with Crippen molar-refractivity contribution in [3.8, 4) is 0 Å². The summed E-state index contributed by atoms with van der Waals surface area (Å²) < 4.78 is 23.9. The molecule has 294 valence electrons. The molecule has 0 spiro atoms. The second kappa shape index (κ2) is 21.3. The van der Waals surface area contributed by atoms with E-state index in [1.165, 1.54) is 31.4 Å². The molecule has 1 aromatic heterocycles. The van der Waals surface area contributed by atoms with Crippen LogP contribution in [0.5, 0.6) is 0 Å². The third-order valence-corrected chi connectivity index (χ3v) is 9.77. The van der Waals surface area contributed by atoms with Gasteiger partial charge >= 0.3 is 5.97 Å². The zero-order chi connectivity index (χ0) is 40.0. The summed E-state index contributed by atoms with van der Waals surface area (Å²) in [5.74, 6) is -4.65. The van der Waals surface area contributed by atoms with Crippen LogP contribution in [0, 0.1) is 30.5 Å². The van der Waals surface area contributed by atoms with E-state index in [0.717, 1.165) is 11.3 Å². The fraction of sp³-hybridized carbons (Fsp3) is 0.568. The highest BCUT2D eigenvalue weighted by molar-refractivity contribution is 7.18. The minimum Gasteiger partial charge on any atom is -0.465 e. The van der Waals surface area contributed by atoms with Crippen LogP contribution in [0.2, 0.25) is 0 Å². The van der Waals surface area contributed by atoms with Crippen LogP contribution in [0.1, 0.15) is 92.0 Å². The summed E-state index contributed by atoms with van der Waals surface area (Å²) in [6, 6.07) is 3.07. The van der Waals surface area contributed by atoms with E-state index >= 15 is 0 Å². The molecule has 0 aliphatic rings. The Balaban J connectivity index is 1.93. The Kier molecular flexibility index (Phi) is 18.0. The Labute approximate surface area is 314 Å². The molecular weight excluding hydrogens is 708 g/mol. The van der Waals surface area contributed by atoms with Gasteiger partial charge in [0.15, 0.2) is 0 Å². The molecule has 0 fully saturated rings. The molecule has 0 aliphatic heterocycles. The lowest BCUT2D eigenvalue weighted by Gasteiger charge is -2.28. The third kappa shape index (κ3) is 12.9. The highest BCUT2D eigenvalue weighted by Crippen LogP contribution is 2.35. The highest BCUT2D eigenvalue weighted by atomic mass is 32.1. The number of halogens is 1. The predicted molar refractivity (Wildman–Crippen MR) is 201 cm³/mol. The standard InChI is InChI=1S/C37H55FN6O8S/c1-10-25(23-11-13-24(38)14-12-23)31(45)44-36-26(37(50)51-9)22(8)30(53-36)35(49)41-16-18-52-17-15-40-33(47)28(20(4)5)43-34(48)29(21(6)7)42-32(46)27(39)19(2)3/h11-14,19-21,25,27-29H,10,15-18,39H2,1-9H3,(H,40,47)(H,41,49)(H,42,46)(H,43,48)(H,44,45)/t25?,27-,28-,29-/m0/s1. The maximum atomic E-state index is 13.4. The fourth-order valence-corrected chi connectivity index (χ4v) is 6.39. The van der Waals surface area contributed by atoms with Crippen LogP contribution in [-0.2, 0) is 28.7 Å². The van der Waals surface area contributed by atoms with Crippen LogP contribution >= 0.6 is 11.3 Å². The van der Waals surface area contributed by atoms with Crippen molar-refractivity contribution in [2.75, 3.05) is 38.7 Å². The summed E-state index contributed by atoms with van der Waals surface area (Å²) >= 11 is 0.935. The van der Waals surface area contributed by atoms with Gasteiger partial charge in [-0.05, 0) is 54.4 Å². The minimum absolute atomic E-state index is 0.0626. The molecule has 5 amide bonds. The van der Waals surface area contributed by atoms with Crippen LogP contribution in [0.25, 0.3) is 0 Å². The van der Waals surface area contributed by atoms with Gasteiger partial charge in [0.05, 0.1) is 42.7 Å². The average molecular weight is 763 g/mol. The lowest BCUT2D eigenvalue weighted by molar-refractivity contribution is -0.134. The predicted octanol–water partition coefficient (Wildman–Crippen LogP) is 3.24. The summed E-state index contributed by atoms with van der Waals surface area (Å²) in [7, 11) is 1.20. The summed E-state index contributed by atoms with van der Waals surface area (Å²) in [5, 5.41) is 13.8. The Morgan fingerprint density at radius 3 is 1.87 bits per heavy atom. The molecule has 2 rings (SSSR count). The van der Waals surface area contributed by atoms with Gasteiger partial charge in [0.2, 0.25) is 23.6 Å². The number of benzene rings is 1. The maximum absolute atomic E-state index is 13.4. The van der Waals surface area contributed by atoms with Crippen molar-refractivity contribution in [3.63, 3.8) is 0 Å². The quantitative estimate of drug-likeness (QED) is 0.0864. The van der Waals surface area contributed by atoms with Gasteiger partial charge in [0, 0.05) is 13.1 Å². The molecule has 16 heteroatoms. The minimum atomic E-state index is -0.878. The smallest absolute Gasteiger partial charge is 0.341 e. The van der Waals surface area contributed by atoms with E-state index in [-0.39, 0.29) is 59.5 Å². The summed E-state index contributed by atoms with van der Waals surface area (Å²) in [4.78, 5) is 77.8. The molecule has 53 heavy (non-hydrogen) atoms. The first-order valence-electron chi connectivity index (χ1n) is 17.7. The van der Waals surface area contributed by atoms with Gasteiger partial charge in [0.1, 0.15) is 22.9 Å².